The first kappa shape index (κ1) is 21.4. The largest absolute Gasteiger partial charge is 0.490 e. The molecule has 1 aromatic carbocycles. The Morgan fingerprint density at radius 2 is 2.00 bits per heavy atom. The lowest BCUT2D eigenvalue weighted by molar-refractivity contribution is -0.385. The minimum absolute atomic E-state index is 0.00769. The first-order chi connectivity index (χ1) is 14.0. The number of hydrogen-bond acceptors (Lipinski definition) is 7. The maximum absolute atomic E-state index is 11.9. The van der Waals surface area contributed by atoms with Crippen LogP contribution in [0.1, 0.15) is 32.6 Å². The van der Waals surface area contributed by atoms with Gasteiger partial charge in [-0.3, -0.25) is 14.9 Å². The molecule has 0 spiro atoms. The number of rotatable bonds is 9. The Balaban J connectivity index is 1.41. The van der Waals surface area contributed by atoms with Gasteiger partial charge in [0.15, 0.2) is 5.75 Å². The summed E-state index contributed by atoms with van der Waals surface area (Å²) in [6.07, 6.45) is 4.11. The van der Waals surface area contributed by atoms with Crippen molar-refractivity contribution in [2.24, 2.45) is 11.8 Å². The normalized spacial score (nSPS) is 18.3. The molecule has 0 amide bonds. The van der Waals surface area contributed by atoms with E-state index in [2.05, 4.69) is 16.7 Å². The van der Waals surface area contributed by atoms with Crippen LogP contribution in [-0.2, 0) is 9.53 Å². The Hall–Kier alpha value is -2.35. The number of hydrogen-bond donors (Lipinski definition) is 0. The van der Waals surface area contributed by atoms with Gasteiger partial charge in [-0.05, 0) is 31.2 Å². The molecule has 1 aromatic rings. The van der Waals surface area contributed by atoms with E-state index in [0.29, 0.717) is 18.3 Å². The van der Waals surface area contributed by atoms with Crippen molar-refractivity contribution in [3.63, 3.8) is 0 Å². The molecule has 0 aromatic heterocycles. The van der Waals surface area contributed by atoms with Gasteiger partial charge in [0.05, 0.1) is 24.6 Å². The molecule has 2 saturated heterocycles. The summed E-state index contributed by atoms with van der Waals surface area (Å²) < 4.78 is 10.5. The fourth-order valence-electron chi connectivity index (χ4n) is 4.06. The molecule has 8 heteroatoms. The van der Waals surface area contributed by atoms with Crippen molar-refractivity contribution in [1.82, 2.24) is 4.90 Å². The highest BCUT2D eigenvalue weighted by molar-refractivity contribution is 5.74. The Kier molecular flexibility index (Phi) is 7.30. The second-order valence-electron chi connectivity index (χ2n) is 7.98. The fraction of sp³-hybridized carbons (Fsp3) is 0.667. The number of anilines is 1. The van der Waals surface area contributed by atoms with E-state index in [-0.39, 0.29) is 17.6 Å². The number of piperidine rings is 1. The average Bonchev–Trinajstić information content (AvgIpc) is 2.70. The van der Waals surface area contributed by atoms with Crippen molar-refractivity contribution in [2.45, 2.75) is 32.6 Å². The van der Waals surface area contributed by atoms with Gasteiger partial charge in [-0.2, -0.15) is 0 Å². The van der Waals surface area contributed by atoms with Crippen LogP contribution in [0, 0.1) is 22.0 Å². The number of nitro groups is 1. The van der Waals surface area contributed by atoms with Gasteiger partial charge in [0.25, 0.3) is 0 Å². The van der Waals surface area contributed by atoms with Crippen molar-refractivity contribution in [1.29, 1.82) is 0 Å². The van der Waals surface area contributed by atoms with Crippen LogP contribution in [0.2, 0.25) is 0 Å². The number of unbranched alkanes of at least 4 members (excludes halogenated alkanes) is 1. The average molecular weight is 405 g/mol. The topological polar surface area (TPSA) is 85.2 Å². The highest BCUT2D eigenvalue weighted by Gasteiger charge is 2.35. The first-order valence-electron chi connectivity index (χ1n) is 10.5. The third-order valence-corrected chi connectivity index (χ3v) is 5.89. The monoisotopic (exact) mass is 405 g/mol. The van der Waals surface area contributed by atoms with Crippen LogP contribution >= 0.6 is 0 Å². The van der Waals surface area contributed by atoms with Crippen LogP contribution in [0.15, 0.2) is 18.2 Å². The lowest BCUT2D eigenvalue weighted by atomic mass is 9.92. The minimum atomic E-state index is -0.422. The molecule has 0 bridgehead atoms. The molecule has 2 heterocycles. The predicted molar refractivity (Wildman–Crippen MR) is 110 cm³/mol. The number of likely N-dealkylation sites (tertiary alicyclic amines) is 1. The Morgan fingerprint density at radius 3 is 2.62 bits per heavy atom. The lowest BCUT2D eigenvalue weighted by Gasteiger charge is -2.42. The maximum atomic E-state index is 11.9. The number of methoxy groups -OCH3 is 1. The van der Waals surface area contributed by atoms with Gasteiger partial charge in [-0.1, -0.05) is 13.3 Å². The highest BCUT2D eigenvalue weighted by Crippen LogP contribution is 2.33. The van der Waals surface area contributed by atoms with Gasteiger partial charge in [0, 0.05) is 50.5 Å². The number of ether oxygens (including phenoxy) is 2. The van der Waals surface area contributed by atoms with Gasteiger partial charge in [0.2, 0.25) is 0 Å². The summed E-state index contributed by atoms with van der Waals surface area (Å²) in [6.45, 7) is 7.11. The van der Waals surface area contributed by atoms with E-state index < -0.39 is 4.92 Å². The van der Waals surface area contributed by atoms with Crippen LogP contribution in [0.5, 0.6) is 5.75 Å². The zero-order valence-corrected chi connectivity index (χ0v) is 17.3. The van der Waals surface area contributed by atoms with Gasteiger partial charge in [0.1, 0.15) is 0 Å². The molecular weight excluding hydrogens is 374 g/mol. The van der Waals surface area contributed by atoms with E-state index in [1.165, 1.54) is 13.2 Å². The predicted octanol–water partition coefficient (Wildman–Crippen LogP) is 3.09. The standard InChI is InChI=1S/C21H31N3O5/c1-3-4-11-29-21(25)17-14-22(15-17)13-16-7-9-23(10-8-16)18-5-6-19(24(26)27)20(12-18)28-2/h5-6,12,16-17H,3-4,7-11,13-15H2,1-2H3. The highest BCUT2D eigenvalue weighted by atomic mass is 16.6. The molecule has 2 aliphatic rings. The summed E-state index contributed by atoms with van der Waals surface area (Å²) in [6, 6.07) is 5.06. The van der Waals surface area contributed by atoms with E-state index in [1.807, 2.05) is 0 Å². The van der Waals surface area contributed by atoms with E-state index in [4.69, 9.17) is 9.47 Å². The Bertz CT molecular complexity index is 712. The van der Waals surface area contributed by atoms with Gasteiger partial charge < -0.3 is 19.3 Å². The Labute approximate surface area is 171 Å². The zero-order valence-electron chi connectivity index (χ0n) is 17.3. The molecule has 29 heavy (non-hydrogen) atoms. The molecule has 160 valence electrons. The summed E-state index contributed by atoms with van der Waals surface area (Å²) in [5, 5.41) is 11.1. The van der Waals surface area contributed by atoms with Crippen LogP contribution in [0.25, 0.3) is 0 Å². The van der Waals surface area contributed by atoms with Crippen LogP contribution in [0.3, 0.4) is 0 Å². The van der Waals surface area contributed by atoms with E-state index >= 15 is 0 Å². The molecule has 8 nitrogen and oxygen atoms in total. The number of nitro benzene ring substituents is 1. The summed E-state index contributed by atoms with van der Waals surface area (Å²) in [5.41, 5.74) is 0.955. The molecule has 0 aliphatic carbocycles. The first-order valence-corrected chi connectivity index (χ1v) is 10.5. The van der Waals surface area contributed by atoms with Crippen LogP contribution < -0.4 is 9.64 Å². The van der Waals surface area contributed by atoms with Crippen molar-refractivity contribution in [2.75, 3.05) is 51.3 Å². The van der Waals surface area contributed by atoms with Crippen molar-refractivity contribution in [3.05, 3.63) is 28.3 Å². The molecule has 0 radical (unpaired) electrons. The molecular formula is C21H31N3O5. The second kappa shape index (κ2) is 9.91. The molecule has 0 N–H and O–H groups in total. The van der Waals surface area contributed by atoms with E-state index in [9.17, 15) is 14.9 Å². The number of benzene rings is 1. The van der Waals surface area contributed by atoms with Crippen molar-refractivity contribution >= 4 is 17.3 Å². The van der Waals surface area contributed by atoms with Gasteiger partial charge >= 0.3 is 11.7 Å². The summed E-state index contributed by atoms with van der Waals surface area (Å²) in [5.74, 6) is 0.909. The summed E-state index contributed by atoms with van der Waals surface area (Å²) >= 11 is 0. The summed E-state index contributed by atoms with van der Waals surface area (Å²) in [7, 11) is 1.46. The quantitative estimate of drug-likeness (QED) is 0.270. The SMILES string of the molecule is CCCCOC(=O)C1CN(CC2CCN(c3ccc([N+](=O)[O-])c(OC)c3)CC2)C1. The van der Waals surface area contributed by atoms with E-state index in [0.717, 1.165) is 64.1 Å². The van der Waals surface area contributed by atoms with E-state index in [1.54, 1.807) is 12.1 Å². The lowest BCUT2D eigenvalue weighted by Crippen LogP contribution is -2.53. The van der Waals surface area contributed by atoms with Gasteiger partial charge in [-0.15, -0.1) is 0 Å². The van der Waals surface area contributed by atoms with Crippen LogP contribution in [0.4, 0.5) is 11.4 Å². The maximum Gasteiger partial charge on any atom is 0.311 e. The minimum Gasteiger partial charge on any atom is -0.490 e. The molecule has 0 atom stereocenters. The fourth-order valence-corrected chi connectivity index (χ4v) is 4.06. The number of carbonyl (C=O) groups is 1. The molecule has 2 aliphatic heterocycles. The zero-order chi connectivity index (χ0) is 20.8. The molecule has 0 unspecified atom stereocenters. The number of carbonyl (C=O) groups excluding carboxylic acids is 1. The smallest absolute Gasteiger partial charge is 0.311 e. The third kappa shape index (κ3) is 5.38. The Morgan fingerprint density at radius 1 is 1.28 bits per heavy atom. The van der Waals surface area contributed by atoms with Crippen molar-refractivity contribution in [3.8, 4) is 5.75 Å². The second-order valence-corrected chi connectivity index (χ2v) is 7.98. The summed E-state index contributed by atoms with van der Waals surface area (Å²) in [4.78, 5) is 27.2. The van der Waals surface area contributed by atoms with Gasteiger partial charge in [-0.25, -0.2) is 0 Å². The van der Waals surface area contributed by atoms with Crippen LogP contribution in [-0.4, -0.2) is 62.2 Å². The molecule has 3 rings (SSSR count). The molecule has 2 fully saturated rings. The molecule has 0 saturated carbocycles. The third-order valence-electron chi connectivity index (χ3n) is 5.89. The van der Waals surface area contributed by atoms with Crippen molar-refractivity contribution < 1.29 is 19.2 Å². The number of esters is 1. The number of nitrogens with zero attached hydrogens (tertiary/aromatic N) is 3.